The van der Waals surface area contributed by atoms with Crippen LogP contribution in [0.3, 0.4) is 0 Å². The summed E-state index contributed by atoms with van der Waals surface area (Å²) in [6, 6.07) is 14.9. The van der Waals surface area contributed by atoms with Crippen LogP contribution >= 0.6 is 11.6 Å². The molecule has 0 radical (unpaired) electrons. The smallest absolute Gasteiger partial charge is 0.115 e. The van der Waals surface area contributed by atoms with Gasteiger partial charge in [-0.3, -0.25) is 0 Å². The van der Waals surface area contributed by atoms with Gasteiger partial charge in [0.05, 0.1) is 0 Å². The molecule has 0 aromatic heterocycles. The van der Waals surface area contributed by atoms with Gasteiger partial charge in [0.2, 0.25) is 0 Å². The summed E-state index contributed by atoms with van der Waals surface area (Å²) in [4.78, 5) is 0. The van der Waals surface area contributed by atoms with Crippen LogP contribution in [0.4, 0.5) is 4.39 Å². The lowest BCUT2D eigenvalue weighted by Gasteiger charge is -2.06. The summed E-state index contributed by atoms with van der Waals surface area (Å²) in [5, 5.41) is 0.668. The van der Waals surface area contributed by atoms with Crippen LogP contribution in [0.2, 0.25) is 5.02 Å². The molecule has 0 aliphatic carbocycles. The quantitative estimate of drug-likeness (QED) is 0.700. The standard InChI is InChI=1S/C13H10ClF/c14-12-6-3-5-10(8-12)13-7-2-1-4-11(13)9-15/h1-8H,9H2. The zero-order valence-electron chi connectivity index (χ0n) is 8.08. The van der Waals surface area contributed by atoms with Crippen molar-refractivity contribution in [1.29, 1.82) is 0 Å². The van der Waals surface area contributed by atoms with Crippen LogP contribution in [-0.2, 0) is 6.67 Å². The molecule has 0 heterocycles. The van der Waals surface area contributed by atoms with Gasteiger partial charge in [0.25, 0.3) is 0 Å². The third-order valence-corrected chi connectivity index (χ3v) is 2.53. The second-order valence-corrected chi connectivity index (χ2v) is 3.74. The molecule has 0 saturated heterocycles. The Morgan fingerprint density at radius 3 is 2.53 bits per heavy atom. The van der Waals surface area contributed by atoms with E-state index in [1.807, 2.05) is 42.5 Å². The molecule has 0 aliphatic heterocycles. The minimum atomic E-state index is -0.456. The predicted octanol–water partition coefficient (Wildman–Crippen LogP) is 4.48. The van der Waals surface area contributed by atoms with Gasteiger partial charge in [0, 0.05) is 5.02 Å². The first-order valence-corrected chi connectivity index (χ1v) is 5.09. The van der Waals surface area contributed by atoms with Crippen LogP contribution in [0.15, 0.2) is 48.5 Å². The van der Waals surface area contributed by atoms with Gasteiger partial charge in [-0.1, -0.05) is 48.0 Å². The molecule has 0 saturated carbocycles. The zero-order valence-corrected chi connectivity index (χ0v) is 8.84. The van der Waals surface area contributed by atoms with Gasteiger partial charge in [0.15, 0.2) is 0 Å². The van der Waals surface area contributed by atoms with E-state index in [4.69, 9.17) is 11.6 Å². The molecule has 2 heteroatoms. The largest absolute Gasteiger partial charge is 0.246 e. The van der Waals surface area contributed by atoms with E-state index >= 15 is 0 Å². The average Bonchev–Trinajstić information content (AvgIpc) is 2.29. The Bertz CT molecular complexity index is 466. The Morgan fingerprint density at radius 1 is 1.00 bits per heavy atom. The van der Waals surface area contributed by atoms with Crippen LogP contribution in [0.25, 0.3) is 11.1 Å². The summed E-state index contributed by atoms with van der Waals surface area (Å²) in [5.41, 5.74) is 2.55. The summed E-state index contributed by atoms with van der Waals surface area (Å²) >= 11 is 5.90. The van der Waals surface area contributed by atoms with Crippen LogP contribution in [0.1, 0.15) is 5.56 Å². The van der Waals surface area contributed by atoms with Gasteiger partial charge in [-0.15, -0.1) is 0 Å². The Kier molecular flexibility index (Phi) is 3.02. The molecule has 15 heavy (non-hydrogen) atoms. The summed E-state index contributed by atoms with van der Waals surface area (Å²) in [7, 11) is 0. The molecule has 0 atom stereocenters. The minimum absolute atomic E-state index is 0.456. The van der Waals surface area contributed by atoms with Crippen molar-refractivity contribution < 1.29 is 4.39 Å². The molecular weight excluding hydrogens is 211 g/mol. The number of hydrogen-bond acceptors (Lipinski definition) is 0. The second kappa shape index (κ2) is 4.45. The topological polar surface area (TPSA) is 0 Å². The van der Waals surface area contributed by atoms with E-state index < -0.39 is 6.67 Å². The molecule has 0 bridgehead atoms. The molecule has 2 rings (SSSR count). The maximum absolute atomic E-state index is 12.7. The van der Waals surface area contributed by atoms with Crippen LogP contribution in [-0.4, -0.2) is 0 Å². The molecule has 0 unspecified atom stereocenters. The average molecular weight is 221 g/mol. The lowest BCUT2D eigenvalue weighted by Crippen LogP contribution is -1.85. The third-order valence-electron chi connectivity index (χ3n) is 2.30. The molecule has 2 aromatic rings. The van der Waals surface area contributed by atoms with Crippen molar-refractivity contribution in [2.75, 3.05) is 0 Å². The van der Waals surface area contributed by atoms with Crippen LogP contribution in [0.5, 0.6) is 0 Å². The highest BCUT2D eigenvalue weighted by Crippen LogP contribution is 2.26. The third kappa shape index (κ3) is 2.18. The van der Waals surface area contributed by atoms with Crippen molar-refractivity contribution >= 4 is 11.6 Å². The van der Waals surface area contributed by atoms with E-state index in [2.05, 4.69) is 0 Å². The summed E-state index contributed by atoms with van der Waals surface area (Å²) in [5.74, 6) is 0. The number of alkyl halides is 1. The fourth-order valence-electron chi connectivity index (χ4n) is 1.57. The van der Waals surface area contributed by atoms with Gasteiger partial charge in [-0.05, 0) is 28.8 Å². The Labute approximate surface area is 93.3 Å². The highest BCUT2D eigenvalue weighted by atomic mass is 35.5. The fourth-order valence-corrected chi connectivity index (χ4v) is 1.76. The lowest BCUT2D eigenvalue weighted by atomic mass is 10.0. The van der Waals surface area contributed by atoms with Gasteiger partial charge >= 0.3 is 0 Å². The molecular formula is C13H10ClF. The Hall–Kier alpha value is -1.34. The maximum atomic E-state index is 12.7. The minimum Gasteiger partial charge on any atom is -0.246 e. The molecule has 0 spiro atoms. The van der Waals surface area contributed by atoms with E-state index in [1.165, 1.54) is 0 Å². The van der Waals surface area contributed by atoms with Gasteiger partial charge in [0.1, 0.15) is 6.67 Å². The van der Waals surface area contributed by atoms with Crippen LogP contribution in [0, 0.1) is 0 Å². The van der Waals surface area contributed by atoms with Crippen molar-refractivity contribution in [3.63, 3.8) is 0 Å². The molecule has 0 amide bonds. The first-order chi connectivity index (χ1) is 7.31. The number of benzene rings is 2. The van der Waals surface area contributed by atoms with Gasteiger partial charge in [-0.25, -0.2) is 4.39 Å². The first-order valence-electron chi connectivity index (χ1n) is 4.71. The van der Waals surface area contributed by atoms with Crippen molar-refractivity contribution in [2.45, 2.75) is 6.67 Å². The number of hydrogen-bond donors (Lipinski definition) is 0. The maximum Gasteiger partial charge on any atom is 0.115 e. The van der Waals surface area contributed by atoms with Crippen molar-refractivity contribution in [3.8, 4) is 11.1 Å². The molecule has 76 valence electrons. The van der Waals surface area contributed by atoms with E-state index in [0.717, 1.165) is 11.1 Å². The van der Waals surface area contributed by atoms with Gasteiger partial charge < -0.3 is 0 Å². The van der Waals surface area contributed by atoms with E-state index in [-0.39, 0.29) is 0 Å². The van der Waals surface area contributed by atoms with E-state index in [9.17, 15) is 4.39 Å². The molecule has 0 nitrogen and oxygen atoms in total. The number of rotatable bonds is 2. The number of halogens is 2. The summed E-state index contributed by atoms with van der Waals surface area (Å²) in [6.45, 7) is -0.456. The van der Waals surface area contributed by atoms with E-state index in [1.54, 1.807) is 6.07 Å². The van der Waals surface area contributed by atoms with Crippen molar-refractivity contribution in [2.24, 2.45) is 0 Å². The van der Waals surface area contributed by atoms with Crippen LogP contribution < -0.4 is 0 Å². The molecule has 2 aromatic carbocycles. The lowest BCUT2D eigenvalue weighted by molar-refractivity contribution is 0.486. The monoisotopic (exact) mass is 220 g/mol. The van der Waals surface area contributed by atoms with Gasteiger partial charge in [-0.2, -0.15) is 0 Å². The Morgan fingerprint density at radius 2 is 1.80 bits per heavy atom. The zero-order chi connectivity index (χ0) is 10.7. The summed E-state index contributed by atoms with van der Waals surface area (Å²) in [6.07, 6.45) is 0. The highest BCUT2D eigenvalue weighted by Gasteiger charge is 2.03. The molecule has 0 fully saturated rings. The fraction of sp³-hybridized carbons (Fsp3) is 0.0769. The van der Waals surface area contributed by atoms with Crippen molar-refractivity contribution in [3.05, 3.63) is 59.1 Å². The second-order valence-electron chi connectivity index (χ2n) is 3.30. The normalized spacial score (nSPS) is 10.3. The SMILES string of the molecule is FCc1ccccc1-c1cccc(Cl)c1. The first kappa shape index (κ1) is 10.2. The van der Waals surface area contributed by atoms with Crippen molar-refractivity contribution in [1.82, 2.24) is 0 Å². The molecule has 0 N–H and O–H groups in total. The highest BCUT2D eigenvalue weighted by molar-refractivity contribution is 6.30. The predicted molar refractivity (Wildman–Crippen MR) is 61.7 cm³/mol. The Balaban J connectivity index is 2.53. The molecule has 0 aliphatic rings. The van der Waals surface area contributed by atoms with E-state index in [0.29, 0.717) is 10.6 Å². The summed E-state index contributed by atoms with van der Waals surface area (Å²) < 4.78 is 12.7.